The van der Waals surface area contributed by atoms with Crippen molar-refractivity contribution in [2.24, 2.45) is 0 Å². The summed E-state index contributed by atoms with van der Waals surface area (Å²) in [5, 5.41) is 12.4. The molecule has 4 aromatic rings. The maximum atomic E-state index is 13.4. The van der Waals surface area contributed by atoms with Gasteiger partial charge in [-0.2, -0.15) is 0 Å². The predicted molar refractivity (Wildman–Crippen MR) is 156 cm³/mol. The second-order valence-corrected chi connectivity index (χ2v) is 11.8. The van der Waals surface area contributed by atoms with Crippen molar-refractivity contribution in [1.29, 1.82) is 0 Å². The molecule has 1 amide bonds. The van der Waals surface area contributed by atoms with Gasteiger partial charge in [-0.15, -0.1) is 11.3 Å². The number of rotatable bonds is 7. The van der Waals surface area contributed by atoms with E-state index in [0.717, 1.165) is 65.9 Å². The maximum Gasteiger partial charge on any atom is 0.236 e. The van der Waals surface area contributed by atoms with Gasteiger partial charge in [0.25, 0.3) is 0 Å². The van der Waals surface area contributed by atoms with Gasteiger partial charge in [0.1, 0.15) is 17.3 Å². The molecule has 0 radical (unpaired) electrons. The molecule has 8 nitrogen and oxygen atoms in total. The van der Waals surface area contributed by atoms with Crippen LogP contribution in [0.3, 0.4) is 0 Å². The number of fused-ring (bicyclic) bond motifs is 1. The first kappa shape index (κ1) is 26.9. The fraction of sp³-hybridized carbons (Fsp3) is 0.433. The van der Waals surface area contributed by atoms with E-state index in [1.165, 1.54) is 23.4 Å². The van der Waals surface area contributed by atoms with Crippen LogP contribution in [0.25, 0.3) is 16.9 Å². The largest absolute Gasteiger partial charge is 0.389 e. The number of likely N-dealkylation sites (tertiary alicyclic amines) is 2. The van der Waals surface area contributed by atoms with E-state index in [4.69, 9.17) is 9.97 Å². The van der Waals surface area contributed by atoms with Crippen molar-refractivity contribution in [2.45, 2.75) is 45.1 Å². The summed E-state index contributed by atoms with van der Waals surface area (Å²) in [4.78, 5) is 28.6. The highest BCUT2D eigenvalue weighted by Crippen LogP contribution is 2.37. The molecule has 2 fully saturated rings. The van der Waals surface area contributed by atoms with Crippen LogP contribution in [0.15, 0.2) is 41.8 Å². The van der Waals surface area contributed by atoms with E-state index in [0.29, 0.717) is 25.6 Å². The van der Waals surface area contributed by atoms with E-state index in [-0.39, 0.29) is 17.8 Å². The summed E-state index contributed by atoms with van der Waals surface area (Å²) in [6, 6.07) is 10.9. The number of anilines is 2. The molecule has 2 saturated heterocycles. The molecule has 0 saturated carbocycles. The normalized spacial score (nSPS) is 17.0. The molecule has 0 aliphatic carbocycles. The van der Waals surface area contributed by atoms with Crippen molar-refractivity contribution in [1.82, 2.24) is 24.2 Å². The van der Waals surface area contributed by atoms with E-state index in [2.05, 4.69) is 40.2 Å². The molecule has 0 unspecified atom stereocenters. The molecule has 0 spiro atoms. The van der Waals surface area contributed by atoms with E-state index in [1.807, 2.05) is 12.4 Å². The number of amides is 1. The van der Waals surface area contributed by atoms with Gasteiger partial charge in [-0.25, -0.2) is 14.4 Å². The lowest BCUT2D eigenvalue weighted by molar-refractivity contribution is -0.142. The predicted octanol–water partition coefficient (Wildman–Crippen LogP) is 4.62. The van der Waals surface area contributed by atoms with Crippen LogP contribution in [-0.2, 0) is 11.2 Å². The molecular formula is C30H35FN6O2S. The molecular weight excluding hydrogens is 527 g/mol. The highest BCUT2D eigenvalue weighted by Gasteiger charge is 2.32. The van der Waals surface area contributed by atoms with Crippen LogP contribution in [0, 0.1) is 12.7 Å². The molecule has 0 atom stereocenters. The number of aryl methyl sites for hydroxylation is 2. The van der Waals surface area contributed by atoms with Crippen LogP contribution in [0.1, 0.15) is 42.6 Å². The Kier molecular flexibility index (Phi) is 7.33. The molecule has 2 aliphatic heterocycles. The monoisotopic (exact) mass is 562 g/mol. The molecule has 6 rings (SSSR count). The third-order valence-corrected chi connectivity index (χ3v) is 9.01. The zero-order valence-electron chi connectivity index (χ0n) is 23.2. The SMILES string of the molecule is CCc1nc2cc(C)cc(C3CCN(CC(=O)N4CC(O)C4)CC3)n2c1N(C)c1nc(-c2ccc(F)cc2)cs1. The third-order valence-electron chi connectivity index (χ3n) is 8.09. The molecule has 40 heavy (non-hydrogen) atoms. The van der Waals surface area contributed by atoms with Gasteiger partial charge in [0, 0.05) is 42.7 Å². The maximum absolute atomic E-state index is 13.4. The van der Waals surface area contributed by atoms with Gasteiger partial charge in [0.05, 0.1) is 24.0 Å². The Hall–Kier alpha value is -3.34. The van der Waals surface area contributed by atoms with Crippen LogP contribution in [-0.4, -0.2) is 81.1 Å². The van der Waals surface area contributed by atoms with Crippen LogP contribution in [0.2, 0.25) is 0 Å². The highest BCUT2D eigenvalue weighted by atomic mass is 32.1. The Balaban J connectivity index is 1.27. The molecule has 10 heteroatoms. The summed E-state index contributed by atoms with van der Waals surface area (Å²) >= 11 is 1.56. The Labute approximate surface area is 237 Å². The fourth-order valence-electron chi connectivity index (χ4n) is 5.85. The lowest BCUT2D eigenvalue weighted by atomic mass is 9.92. The number of β-amino-alcohol motifs (C(OH)–C–C–N with tert-alkyl or cyclic N) is 1. The van der Waals surface area contributed by atoms with E-state index < -0.39 is 0 Å². The average Bonchev–Trinajstić information content (AvgIpc) is 3.56. The number of aliphatic hydroxyl groups excluding tert-OH is 1. The minimum atomic E-state index is -0.368. The Bertz CT molecular complexity index is 1520. The summed E-state index contributed by atoms with van der Waals surface area (Å²) in [5.74, 6) is 1.22. The summed E-state index contributed by atoms with van der Waals surface area (Å²) in [6.45, 7) is 7.30. The van der Waals surface area contributed by atoms with Crippen molar-refractivity contribution in [3.8, 4) is 11.3 Å². The Morgan fingerprint density at radius 3 is 2.55 bits per heavy atom. The third kappa shape index (κ3) is 5.11. The number of pyridine rings is 1. The number of hydrogen-bond acceptors (Lipinski definition) is 7. The Morgan fingerprint density at radius 2 is 1.88 bits per heavy atom. The van der Waals surface area contributed by atoms with Crippen molar-refractivity contribution in [2.75, 3.05) is 44.7 Å². The minimum Gasteiger partial charge on any atom is -0.389 e. The number of nitrogens with zero attached hydrogens (tertiary/aromatic N) is 6. The van der Waals surface area contributed by atoms with Gasteiger partial charge in [-0.1, -0.05) is 6.92 Å². The van der Waals surface area contributed by atoms with E-state index in [9.17, 15) is 14.3 Å². The van der Waals surface area contributed by atoms with Crippen molar-refractivity contribution in [3.63, 3.8) is 0 Å². The first-order valence-corrected chi connectivity index (χ1v) is 14.8. The lowest BCUT2D eigenvalue weighted by Crippen LogP contribution is -2.56. The molecule has 1 N–H and O–H groups in total. The van der Waals surface area contributed by atoms with Crippen molar-refractivity contribution < 1.29 is 14.3 Å². The number of aliphatic hydroxyl groups is 1. The van der Waals surface area contributed by atoms with Gasteiger partial charge in [-0.05, 0) is 81.2 Å². The van der Waals surface area contributed by atoms with E-state index >= 15 is 0 Å². The van der Waals surface area contributed by atoms with Crippen molar-refractivity contribution in [3.05, 3.63) is 64.5 Å². The van der Waals surface area contributed by atoms with Gasteiger partial charge in [0.2, 0.25) is 5.91 Å². The van der Waals surface area contributed by atoms with Crippen molar-refractivity contribution >= 4 is 33.8 Å². The summed E-state index contributed by atoms with van der Waals surface area (Å²) in [5.41, 5.74) is 6.11. The van der Waals surface area contributed by atoms with Crippen LogP contribution < -0.4 is 4.90 Å². The molecule has 3 aromatic heterocycles. The van der Waals surface area contributed by atoms with E-state index in [1.54, 1.807) is 28.4 Å². The fourth-order valence-corrected chi connectivity index (χ4v) is 6.65. The molecule has 2 aliphatic rings. The first-order valence-electron chi connectivity index (χ1n) is 14.0. The molecule has 5 heterocycles. The number of aromatic nitrogens is 3. The molecule has 1 aromatic carbocycles. The van der Waals surface area contributed by atoms with Crippen LogP contribution in [0.4, 0.5) is 15.3 Å². The Morgan fingerprint density at radius 1 is 1.15 bits per heavy atom. The van der Waals surface area contributed by atoms with Crippen LogP contribution >= 0.6 is 11.3 Å². The second-order valence-electron chi connectivity index (χ2n) is 11.0. The summed E-state index contributed by atoms with van der Waals surface area (Å²) in [6.07, 6.45) is 2.35. The van der Waals surface area contributed by atoms with Gasteiger partial charge in [0.15, 0.2) is 5.13 Å². The quantitative estimate of drug-likeness (QED) is 0.354. The topological polar surface area (TPSA) is 77.2 Å². The molecule has 0 bridgehead atoms. The number of halogens is 1. The number of hydrogen-bond donors (Lipinski definition) is 1. The number of carbonyl (C=O) groups excluding carboxylic acids is 1. The second kappa shape index (κ2) is 10.9. The number of thiazole rings is 1. The van der Waals surface area contributed by atoms with Crippen LogP contribution in [0.5, 0.6) is 0 Å². The number of piperidine rings is 1. The lowest BCUT2D eigenvalue weighted by Gasteiger charge is -2.38. The number of carbonyl (C=O) groups is 1. The van der Waals surface area contributed by atoms with Gasteiger partial charge < -0.3 is 14.9 Å². The zero-order chi connectivity index (χ0) is 28.0. The minimum absolute atomic E-state index is 0.108. The summed E-state index contributed by atoms with van der Waals surface area (Å²) in [7, 11) is 2.04. The zero-order valence-corrected chi connectivity index (χ0v) is 24.0. The first-order chi connectivity index (χ1) is 19.3. The van der Waals surface area contributed by atoms with Gasteiger partial charge >= 0.3 is 0 Å². The number of benzene rings is 1. The highest BCUT2D eigenvalue weighted by molar-refractivity contribution is 7.14. The standard InChI is InChI=1S/C30H35FN6O2S/c1-4-24-29(34(3)30-33-25(18-40-30)20-5-7-22(31)8-6-20)37-26(13-19(2)14-27(37)32-24)21-9-11-35(12-10-21)17-28(39)36-15-23(38)16-36/h5-8,13-14,18,21,23,38H,4,9-12,15-17H2,1-3H3. The average molecular weight is 563 g/mol. The number of imidazole rings is 1. The summed E-state index contributed by atoms with van der Waals surface area (Å²) < 4.78 is 15.8. The molecule has 210 valence electrons. The smallest absolute Gasteiger partial charge is 0.236 e. The van der Waals surface area contributed by atoms with Gasteiger partial charge in [-0.3, -0.25) is 14.1 Å².